The third-order valence-corrected chi connectivity index (χ3v) is 9.84. The van der Waals surface area contributed by atoms with Crippen LogP contribution < -0.4 is 24.6 Å². The number of benzene rings is 4. The van der Waals surface area contributed by atoms with Gasteiger partial charge >= 0.3 is 0 Å². The second kappa shape index (κ2) is 12.7. The van der Waals surface area contributed by atoms with Crippen LogP contribution in [0.25, 0.3) is 0 Å². The maximum Gasteiger partial charge on any atom is 0.259 e. The normalized spacial score (nSPS) is 16.7. The molecule has 1 heterocycles. The van der Waals surface area contributed by atoms with E-state index < -0.39 is 15.9 Å². The number of rotatable bonds is 8. The van der Waals surface area contributed by atoms with Gasteiger partial charge in [0.25, 0.3) is 5.91 Å². The number of nitrogens with zero attached hydrogens (tertiary/aromatic N) is 2. The predicted molar refractivity (Wildman–Crippen MR) is 171 cm³/mol. The zero-order valence-corrected chi connectivity index (χ0v) is 25.3. The van der Waals surface area contributed by atoms with Crippen molar-refractivity contribution in [3.05, 3.63) is 114 Å². The Bertz CT molecular complexity index is 1770. The first kappa shape index (κ1) is 29.7. The fourth-order valence-corrected chi connectivity index (χ4v) is 7.62. The van der Waals surface area contributed by atoms with Gasteiger partial charge in [0, 0.05) is 37.9 Å². The van der Waals surface area contributed by atoms with E-state index in [0.717, 1.165) is 24.0 Å². The van der Waals surface area contributed by atoms with Gasteiger partial charge in [-0.1, -0.05) is 48.5 Å². The molecule has 10 heteroatoms. The van der Waals surface area contributed by atoms with E-state index in [1.54, 1.807) is 48.5 Å². The highest BCUT2D eigenvalue weighted by molar-refractivity contribution is 7.89. The van der Waals surface area contributed by atoms with Gasteiger partial charge in [0.05, 0.1) is 24.0 Å². The first-order chi connectivity index (χ1) is 21.3. The fraction of sp³-hybridized carbons (Fsp3) is 0.265. The van der Waals surface area contributed by atoms with Crippen molar-refractivity contribution in [1.29, 1.82) is 0 Å². The van der Waals surface area contributed by atoms with Crippen LogP contribution in [0.5, 0.6) is 5.75 Å². The molecule has 2 N–H and O–H groups in total. The Labute approximate surface area is 257 Å². The Morgan fingerprint density at radius 2 is 1.55 bits per heavy atom. The summed E-state index contributed by atoms with van der Waals surface area (Å²) in [4.78, 5) is 17.3. The highest BCUT2D eigenvalue weighted by Crippen LogP contribution is 2.35. The van der Waals surface area contributed by atoms with Crippen molar-refractivity contribution in [1.82, 2.24) is 4.72 Å². The van der Waals surface area contributed by atoms with Crippen molar-refractivity contribution in [3.63, 3.8) is 0 Å². The molecule has 2 aliphatic rings. The molecule has 0 saturated carbocycles. The van der Waals surface area contributed by atoms with Crippen molar-refractivity contribution >= 4 is 33.0 Å². The summed E-state index contributed by atoms with van der Waals surface area (Å²) in [5, 5.41) is 2.85. The van der Waals surface area contributed by atoms with Gasteiger partial charge in [0.1, 0.15) is 16.5 Å². The number of carbonyl (C=O) groups excluding carboxylic acids is 1. The number of hydrogen-bond acceptors (Lipinski definition) is 6. The van der Waals surface area contributed by atoms with E-state index in [1.807, 2.05) is 40.1 Å². The SMILES string of the molecule is COc1ccccc1C(=O)Nc1ccc(N2CCN(c3ccccc3F)CC2)c(S(=O)(=O)N[C@H]2CCCc3ccccc32)c1. The van der Waals surface area contributed by atoms with Gasteiger partial charge in [-0.2, -0.15) is 0 Å². The first-order valence-corrected chi connectivity index (χ1v) is 16.3. The molecule has 4 aromatic carbocycles. The van der Waals surface area contributed by atoms with Crippen molar-refractivity contribution in [3.8, 4) is 5.75 Å². The molecule has 4 aromatic rings. The average molecular weight is 615 g/mol. The smallest absolute Gasteiger partial charge is 0.259 e. The molecule has 1 amide bonds. The lowest BCUT2D eigenvalue weighted by Gasteiger charge is -2.38. The Hall–Kier alpha value is -4.41. The van der Waals surface area contributed by atoms with Gasteiger partial charge in [-0.3, -0.25) is 4.79 Å². The van der Waals surface area contributed by atoms with E-state index in [2.05, 4.69) is 10.0 Å². The van der Waals surface area contributed by atoms with Crippen molar-refractivity contribution in [2.24, 2.45) is 0 Å². The number of fused-ring (bicyclic) bond motifs is 1. The predicted octanol–water partition coefficient (Wildman–Crippen LogP) is 5.77. The third-order valence-electron chi connectivity index (χ3n) is 8.34. The maximum atomic E-state index is 14.5. The van der Waals surface area contributed by atoms with Crippen LogP contribution in [-0.4, -0.2) is 47.6 Å². The number of anilines is 3. The monoisotopic (exact) mass is 614 g/mol. The zero-order chi connectivity index (χ0) is 30.7. The number of sulfonamides is 1. The summed E-state index contributed by atoms with van der Waals surface area (Å²) in [6.45, 7) is 2.04. The molecular weight excluding hydrogens is 579 g/mol. The standard InChI is InChI=1S/C34H35FN4O4S/c1-43-32-16-7-4-12-27(32)34(40)36-25-17-18-31(39-21-19-38(20-22-39)30-15-6-5-13-28(30)35)33(23-25)44(41,42)37-29-14-8-10-24-9-2-3-11-26(24)29/h2-7,9,11-13,15-18,23,29,37H,8,10,14,19-22H2,1H3,(H,36,40)/t29-/m0/s1. The number of amides is 1. The van der Waals surface area contributed by atoms with Gasteiger partial charge in [-0.05, 0) is 72.9 Å². The first-order valence-electron chi connectivity index (χ1n) is 14.8. The molecule has 0 bridgehead atoms. The van der Waals surface area contributed by atoms with Gasteiger partial charge in [-0.25, -0.2) is 17.5 Å². The van der Waals surface area contributed by atoms with E-state index in [0.29, 0.717) is 61.0 Å². The third kappa shape index (κ3) is 6.13. The maximum absolute atomic E-state index is 14.5. The van der Waals surface area contributed by atoms with Crippen LogP contribution in [0.1, 0.15) is 40.4 Å². The number of aryl methyl sites for hydroxylation is 1. The molecule has 1 aliphatic heterocycles. The Morgan fingerprint density at radius 1 is 0.864 bits per heavy atom. The molecule has 1 fully saturated rings. The molecule has 8 nitrogen and oxygen atoms in total. The molecule has 1 aliphatic carbocycles. The lowest BCUT2D eigenvalue weighted by Crippen LogP contribution is -2.47. The molecule has 1 atom stereocenters. The van der Waals surface area contributed by atoms with Gasteiger partial charge < -0.3 is 19.9 Å². The number of carbonyl (C=O) groups is 1. The number of piperazine rings is 1. The highest BCUT2D eigenvalue weighted by atomic mass is 32.2. The minimum atomic E-state index is -4.03. The molecule has 1 saturated heterocycles. The Balaban J connectivity index is 1.31. The summed E-state index contributed by atoms with van der Waals surface area (Å²) in [6, 6.07) is 26.1. The molecule has 0 unspecified atom stereocenters. The minimum absolute atomic E-state index is 0.0812. The molecule has 44 heavy (non-hydrogen) atoms. The van der Waals surface area contributed by atoms with Gasteiger partial charge in [-0.15, -0.1) is 0 Å². The molecule has 6 rings (SSSR count). The average Bonchev–Trinajstić information content (AvgIpc) is 3.05. The zero-order valence-electron chi connectivity index (χ0n) is 24.5. The van der Waals surface area contributed by atoms with Crippen molar-refractivity contribution in [2.45, 2.75) is 30.2 Å². The topological polar surface area (TPSA) is 91.0 Å². The molecule has 0 radical (unpaired) electrons. The molecular formula is C34H35FN4O4S. The van der Waals surface area contributed by atoms with Gasteiger partial charge in [0.15, 0.2) is 0 Å². The highest BCUT2D eigenvalue weighted by Gasteiger charge is 2.30. The Kier molecular flexibility index (Phi) is 8.54. The van der Waals surface area contributed by atoms with Crippen LogP contribution in [0.15, 0.2) is 95.9 Å². The van der Waals surface area contributed by atoms with Crippen LogP contribution in [0.2, 0.25) is 0 Å². The summed E-state index contributed by atoms with van der Waals surface area (Å²) >= 11 is 0. The second-order valence-electron chi connectivity index (χ2n) is 11.0. The second-order valence-corrected chi connectivity index (χ2v) is 12.7. The molecule has 0 aromatic heterocycles. The summed E-state index contributed by atoms with van der Waals surface area (Å²) in [5.41, 5.74) is 3.89. The lowest BCUT2D eigenvalue weighted by molar-refractivity contribution is 0.102. The number of para-hydroxylation sites is 2. The van der Waals surface area contributed by atoms with Crippen molar-refractivity contribution < 1.29 is 22.3 Å². The summed E-state index contributed by atoms with van der Waals surface area (Å²) in [7, 11) is -2.54. The van der Waals surface area contributed by atoms with Crippen LogP contribution >= 0.6 is 0 Å². The van der Waals surface area contributed by atoms with Crippen molar-refractivity contribution in [2.75, 3.05) is 48.4 Å². The van der Waals surface area contributed by atoms with E-state index in [1.165, 1.54) is 19.2 Å². The number of ether oxygens (including phenoxy) is 1. The minimum Gasteiger partial charge on any atom is -0.496 e. The summed E-state index contributed by atoms with van der Waals surface area (Å²) in [6.07, 6.45) is 2.48. The van der Waals surface area contributed by atoms with Crippen LogP contribution in [0.4, 0.5) is 21.5 Å². The fourth-order valence-electron chi connectivity index (χ4n) is 6.12. The molecule has 228 valence electrons. The summed E-state index contributed by atoms with van der Waals surface area (Å²) in [5.74, 6) is -0.276. The largest absolute Gasteiger partial charge is 0.496 e. The van der Waals surface area contributed by atoms with Crippen LogP contribution in [-0.2, 0) is 16.4 Å². The van der Waals surface area contributed by atoms with E-state index in [4.69, 9.17) is 4.74 Å². The van der Waals surface area contributed by atoms with E-state index in [9.17, 15) is 17.6 Å². The number of nitrogens with one attached hydrogen (secondary N) is 2. The van der Waals surface area contributed by atoms with E-state index >= 15 is 0 Å². The Morgan fingerprint density at radius 3 is 2.32 bits per heavy atom. The lowest BCUT2D eigenvalue weighted by atomic mass is 9.88. The number of hydrogen-bond donors (Lipinski definition) is 2. The van der Waals surface area contributed by atoms with Crippen LogP contribution in [0.3, 0.4) is 0 Å². The van der Waals surface area contributed by atoms with Gasteiger partial charge in [0.2, 0.25) is 10.0 Å². The molecule has 0 spiro atoms. The quantitative estimate of drug-likeness (QED) is 0.262. The summed E-state index contributed by atoms with van der Waals surface area (Å²) < 4.78 is 51.2. The van der Waals surface area contributed by atoms with Crippen LogP contribution in [0, 0.1) is 5.82 Å². The number of methoxy groups -OCH3 is 1. The van der Waals surface area contributed by atoms with E-state index in [-0.39, 0.29) is 16.8 Å². The number of halogens is 1.